The van der Waals surface area contributed by atoms with Gasteiger partial charge in [-0.3, -0.25) is 0 Å². The third kappa shape index (κ3) is 3.82. The van der Waals surface area contributed by atoms with Crippen molar-refractivity contribution in [1.29, 1.82) is 0 Å². The lowest BCUT2D eigenvalue weighted by Crippen LogP contribution is -2.44. The van der Waals surface area contributed by atoms with Crippen LogP contribution in [0.4, 0.5) is 0 Å². The average Bonchev–Trinajstić information content (AvgIpc) is 2.14. The molecule has 0 saturated carbocycles. The highest BCUT2D eigenvalue weighted by molar-refractivity contribution is 6.73. The van der Waals surface area contributed by atoms with Crippen LogP contribution in [0.5, 0.6) is 0 Å². The van der Waals surface area contributed by atoms with Gasteiger partial charge in [-0.25, -0.2) is 0 Å². The minimum absolute atomic E-state index is 0.0915. The molecule has 0 aromatic rings. The van der Waals surface area contributed by atoms with E-state index in [0.29, 0.717) is 0 Å². The smallest absolute Gasteiger partial charge is 0.192 e. The monoisotopic (exact) mass is 202 g/mol. The molecule has 0 bridgehead atoms. The molecule has 0 atom stereocenters. The molecule has 0 aliphatic heterocycles. The molecule has 1 nitrogen and oxygen atoms in total. The summed E-state index contributed by atoms with van der Waals surface area (Å²) < 4.78 is 6.36. The normalized spacial score (nSPS) is 13.4. The Balaban J connectivity index is 4.41. The van der Waals surface area contributed by atoms with Crippen molar-refractivity contribution < 1.29 is 4.43 Å². The van der Waals surface area contributed by atoms with E-state index in [2.05, 4.69) is 41.5 Å². The SMILES string of the molecule is CCC(C)(C)O[Si](CC)(CC)CC. The summed E-state index contributed by atoms with van der Waals surface area (Å²) in [6, 6.07) is 3.76. The first-order valence-corrected chi connectivity index (χ1v) is 8.18. The summed E-state index contributed by atoms with van der Waals surface area (Å²) in [5.74, 6) is 0. The average molecular weight is 202 g/mol. The summed E-state index contributed by atoms with van der Waals surface area (Å²) in [5, 5.41) is 0. The maximum Gasteiger partial charge on any atom is 0.192 e. The Kier molecular flexibility index (Phi) is 5.23. The molecule has 13 heavy (non-hydrogen) atoms. The fraction of sp³-hybridized carbons (Fsp3) is 1.00. The van der Waals surface area contributed by atoms with Crippen LogP contribution < -0.4 is 0 Å². The molecular formula is C11H26OSi. The molecule has 0 heterocycles. The standard InChI is InChI=1S/C11H26OSi/c1-7-11(5,6)12-13(8-2,9-3)10-4/h7-10H2,1-6H3. The van der Waals surface area contributed by atoms with Crippen molar-refractivity contribution in [1.82, 2.24) is 0 Å². The third-order valence-electron chi connectivity index (χ3n) is 3.28. The zero-order chi connectivity index (χ0) is 10.5. The minimum atomic E-state index is -1.37. The largest absolute Gasteiger partial charge is 0.412 e. The van der Waals surface area contributed by atoms with Crippen LogP contribution in [-0.4, -0.2) is 13.9 Å². The van der Waals surface area contributed by atoms with E-state index in [1.807, 2.05) is 0 Å². The van der Waals surface area contributed by atoms with Crippen LogP contribution in [0.15, 0.2) is 0 Å². The van der Waals surface area contributed by atoms with Crippen LogP contribution in [0.1, 0.15) is 48.0 Å². The van der Waals surface area contributed by atoms with Crippen molar-refractivity contribution >= 4 is 8.32 Å². The maximum atomic E-state index is 6.36. The van der Waals surface area contributed by atoms with Crippen molar-refractivity contribution in [3.05, 3.63) is 0 Å². The molecular weight excluding hydrogens is 176 g/mol. The Hall–Kier alpha value is 0.177. The van der Waals surface area contributed by atoms with Gasteiger partial charge >= 0.3 is 0 Å². The number of rotatable bonds is 6. The lowest BCUT2D eigenvalue weighted by molar-refractivity contribution is 0.0913. The molecule has 0 aliphatic carbocycles. The van der Waals surface area contributed by atoms with Gasteiger partial charge < -0.3 is 4.43 Å². The molecule has 0 N–H and O–H groups in total. The van der Waals surface area contributed by atoms with E-state index in [0.717, 1.165) is 6.42 Å². The van der Waals surface area contributed by atoms with Crippen molar-refractivity contribution in [3.63, 3.8) is 0 Å². The van der Waals surface area contributed by atoms with E-state index < -0.39 is 8.32 Å². The van der Waals surface area contributed by atoms with E-state index in [9.17, 15) is 0 Å². The zero-order valence-electron chi connectivity index (χ0n) is 10.2. The van der Waals surface area contributed by atoms with Gasteiger partial charge in [0.2, 0.25) is 0 Å². The van der Waals surface area contributed by atoms with E-state index in [1.165, 1.54) is 18.1 Å². The van der Waals surface area contributed by atoms with Crippen LogP contribution in [0.2, 0.25) is 18.1 Å². The van der Waals surface area contributed by atoms with E-state index >= 15 is 0 Å². The summed E-state index contributed by atoms with van der Waals surface area (Å²) >= 11 is 0. The molecule has 0 rings (SSSR count). The van der Waals surface area contributed by atoms with Gasteiger partial charge in [-0.15, -0.1) is 0 Å². The second-order valence-corrected chi connectivity index (χ2v) is 9.15. The number of hydrogen-bond acceptors (Lipinski definition) is 1. The number of hydrogen-bond donors (Lipinski definition) is 0. The van der Waals surface area contributed by atoms with E-state index in [-0.39, 0.29) is 5.60 Å². The van der Waals surface area contributed by atoms with Crippen LogP contribution >= 0.6 is 0 Å². The second-order valence-electron chi connectivity index (χ2n) is 4.46. The summed E-state index contributed by atoms with van der Waals surface area (Å²) in [7, 11) is -1.37. The predicted octanol–water partition coefficient (Wildman–Crippen LogP) is 4.20. The Morgan fingerprint density at radius 1 is 0.923 bits per heavy atom. The lowest BCUT2D eigenvalue weighted by Gasteiger charge is -2.37. The Morgan fingerprint density at radius 2 is 1.31 bits per heavy atom. The third-order valence-corrected chi connectivity index (χ3v) is 8.13. The molecule has 0 amide bonds. The van der Waals surface area contributed by atoms with Gasteiger partial charge in [0.25, 0.3) is 0 Å². The van der Waals surface area contributed by atoms with Gasteiger partial charge in [0.05, 0.1) is 5.60 Å². The molecule has 80 valence electrons. The van der Waals surface area contributed by atoms with Crippen LogP contribution in [-0.2, 0) is 4.43 Å². The fourth-order valence-corrected chi connectivity index (χ4v) is 4.87. The fourth-order valence-electron chi connectivity index (χ4n) is 1.62. The first-order valence-electron chi connectivity index (χ1n) is 5.65. The first-order chi connectivity index (χ1) is 5.95. The maximum absolute atomic E-state index is 6.36. The van der Waals surface area contributed by atoms with Gasteiger partial charge in [-0.05, 0) is 38.4 Å². The summed E-state index contributed by atoms with van der Waals surface area (Å²) in [6.07, 6.45) is 1.11. The van der Waals surface area contributed by atoms with Crippen molar-refractivity contribution in [3.8, 4) is 0 Å². The Bertz CT molecular complexity index is 131. The molecule has 0 aromatic carbocycles. The van der Waals surface area contributed by atoms with Crippen LogP contribution in [0.25, 0.3) is 0 Å². The van der Waals surface area contributed by atoms with Crippen molar-refractivity contribution in [2.24, 2.45) is 0 Å². The van der Waals surface area contributed by atoms with Gasteiger partial charge in [-0.1, -0.05) is 27.7 Å². The molecule has 0 aliphatic rings. The van der Waals surface area contributed by atoms with E-state index in [4.69, 9.17) is 4.43 Å². The van der Waals surface area contributed by atoms with Gasteiger partial charge in [0.15, 0.2) is 8.32 Å². The highest BCUT2D eigenvalue weighted by Crippen LogP contribution is 2.29. The van der Waals surface area contributed by atoms with E-state index in [1.54, 1.807) is 0 Å². The highest BCUT2D eigenvalue weighted by Gasteiger charge is 2.34. The molecule has 0 saturated heterocycles. The molecule has 2 heteroatoms. The quantitative estimate of drug-likeness (QED) is 0.587. The summed E-state index contributed by atoms with van der Waals surface area (Å²) in [6.45, 7) is 13.5. The minimum Gasteiger partial charge on any atom is -0.412 e. The molecule has 0 fully saturated rings. The first kappa shape index (κ1) is 13.2. The second kappa shape index (κ2) is 5.16. The Morgan fingerprint density at radius 3 is 1.54 bits per heavy atom. The van der Waals surface area contributed by atoms with Crippen LogP contribution in [0.3, 0.4) is 0 Å². The lowest BCUT2D eigenvalue weighted by atomic mass is 10.1. The van der Waals surface area contributed by atoms with Gasteiger partial charge in [0.1, 0.15) is 0 Å². The zero-order valence-corrected chi connectivity index (χ0v) is 11.2. The highest BCUT2D eigenvalue weighted by atomic mass is 28.4. The van der Waals surface area contributed by atoms with Crippen molar-refractivity contribution in [2.45, 2.75) is 71.7 Å². The molecule has 0 spiro atoms. The van der Waals surface area contributed by atoms with Gasteiger partial charge in [0, 0.05) is 0 Å². The van der Waals surface area contributed by atoms with Crippen LogP contribution in [0, 0.1) is 0 Å². The molecule has 0 aromatic heterocycles. The Labute approximate surface area is 85.0 Å². The van der Waals surface area contributed by atoms with Crippen molar-refractivity contribution in [2.75, 3.05) is 0 Å². The molecule has 0 unspecified atom stereocenters. The topological polar surface area (TPSA) is 9.23 Å². The van der Waals surface area contributed by atoms with Gasteiger partial charge in [-0.2, -0.15) is 0 Å². The predicted molar refractivity (Wildman–Crippen MR) is 62.7 cm³/mol. The summed E-state index contributed by atoms with van der Waals surface area (Å²) in [4.78, 5) is 0. The molecule has 0 radical (unpaired) electrons. The summed E-state index contributed by atoms with van der Waals surface area (Å²) in [5.41, 5.74) is 0.0915.